The smallest absolute Gasteiger partial charge is 0.230 e. The Labute approximate surface area is 177 Å². The molecule has 4 aliphatic carbocycles. The fraction of sp³-hybridized carbons (Fsp3) is 0.950. The lowest BCUT2D eigenvalue weighted by atomic mass is 9.43. The maximum atomic E-state index is 14.0. The molecule has 5 atom stereocenters. The molecule has 5 rings (SSSR count). The van der Waals surface area contributed by atoms with E-state index in [1.165, 1.54) is 12.8 Å². The molecule has 2 nitrogen and oxygen atoms in total. The van der Waals surface area contributed by atoms with E-state index in [0.717, 1.165) is 25.8 Å². The Morgan fingerprint density at radius 2 is 1.72 bits per heavy atom. The zero-order valence-electron chi connectivity index (χ0n) is 16.0. The van der Waals surface area contributed by atoms with Gasteiger partial charge >= 0.3 is 0 Å². The summed E-state index contributed by atoms with van der Waals surface area (Å²) < 4.78 is 0.240. The van der Waals surface area contributed by atoms with Crippen LogP contribution in [0.5, 0.6) is 0 Å². The summed E-state index contributed by atoms with van der Waals surface area (Å²) in [6.45, 7) is 12.8. The predicted octanol–water partition coefficient (Wildman–Crippen LogP) is 6.10. The molecule has 0 aromatic rings. The molecule has 4 saturated carbocycles. The lowest BCUT2D eigenvalue weighted by Gasteiger charge is -2.66. The van der Waals surface area contributed by atoms with Gasteiger partial charge < -0.3 is 4.90 Å². The normalized spacial score (nSPS) is 49.4. The molecule has 4 bridgehead atoms. The number of likely N-dealkylation sites (tertiary alicyclic amines) is 1. The number of halogens is 3. The van der Waals surface area contributed by atoms with E-state index in [1.54, 1.807) is 0 Å². The summed E-state index contributed by atoms with van der Waals surface area (Å²) in [6, 6.07) is 0.436. The van der Waals surface area contributed by atoms with Crippen molar-refractivity contribution >= 4 is 53.7 Å². The first kappa shape index (κ1) is 19.2. The standard InChI is InChI=1S/C20H30Br3NO/c1-16(2)8-12-9-18(5,10-16)11-24(12)15(25)20-7-6-19(13(20)21,14(22)23)17(20,3)4/h12-14H,6-11H2,1-5H3/t12-,13-,18+,19-,20+/m0/s1. The van der Waals surface area contributed by atoms with Crippen LogP contribution in [0.15, 0.2) is 0 Å². The third-order valence-corrected chi connectivity index (χ3v) is 11.8. The monoisotopic (exact) mass is 537 g/mol. The second kappa shape index (κ2) is 5.28. The number of carbonyl (C=O) groups excluding carboxylic acids is 1. The molecule has 1 heterocycles. The zero-order valence-corrected chi connectivity index (χ0v) is 20.7. The number of alkyl halides is 3. The highest BCUT2D eigenvalue weighted by atomic mass is 79.9. The van der Waals surface area contributed by atoms with Crippen molar-refractivity contribution in [1.29, 1.82) is 0 Å². The van der Waals surface area contributed by atoms with Crippen LogP contribution in [-0.4, -0.2) is 32.0 Å². The molecule has 0 N–H and O–H groups in total. The SMILES string of the molecule is CC1(C)C[C@H]2C[C@@](C)(CN2C(=O)[C@@]23CC[C@@](C(Br)Br)([C@@H]2Br)C3(C)C)C1. The second-order valence-corrected chi connectivity index (χ2v) is 14.9. The summed E-state index contributed by atoms with van der Waals surface area (Å²) in [6.07, 6.45) is 5.69. The van der Waals surface area contributed by atoms with Crippen molar-refractivity contribution < 1.29 is 4.79 Å². The quantitative estimate of drug-likeness (QED) is 0.388. The number of rotatable bonds is 2. The molecule has 0 unspecified atom stereocenters. The molecule has 0 radical (unpaired) electrons. The Balaban J connectivity index is 1.67. The molecule has 0 spiro atoms. The number of hydrogen-bond donors (Lipinski definition) is 0. The zero-order chi connectivity index (χ0) is 18.6. The highest BCUT2D eigenvalue weighted by molar-refractivity contribution is 9.24. The van der Waals surface area contributed by atoms with Gasteiger partial charge in [0.25, 0.3) is 0 Å². The molecular formula is C20H30Br3NO. The molecule has 1 aliphatic heterocycles. The Morgan fingerprint density at radius 1 is 1.08 bits per heavy atom. The molecule has 25 heavy (non-hydrogen) atoms. The Morgan fingerprint density at radius 3 is 2.24 bits per heavy atom. The number of carbonyl (C=O) groups is 1. The van der Waals surface area contributed by atoms with Gasteiger partial charge in [0.15, 0.2) is 0 Å². The molecule has 0 aromatic carbocycles. The highest BCUT2D eigenvalue weighted by Crippen LogP contribution is 2.83. The van der Waals surface area contributed by atoms with E-state index in [1.807, 2.05) is 0 Å². The van der Waals surface area contributed by atoms with Gasteiger partial charge in [0, 0.05) is 22.8 Å². The fourth-order valence-corrected chi connectivity index (χ4v) is 12.5. The minimum absolute atomic E-state index is 0.00394. The lowest BCUT2D eigenvalue weighted by molar-refractivity contribution is -0.174. The summed E-state index contributed by atoms with van der Waals surface area (Å²) in [5.41, 5.74) is 0.516. The van der Waals surface area contributed by atoms with E-state index in [-0.39, 0.29) is 24.8 Å². The second-order valence-electron chi connectivity index (χ2n) is 10.9. The van der Waals surface area contributed by atoms with Crippen LogP contribution in [0.25, 0.3) is 0 Å². The first-order valence-corrected chi connectivity index (χ1v) is 12.3. The lowest BCUT2D eigenvalue weighted by Crippen LogP contribution is -2.72. The van der Waals surface area contributed by atoms with E-state index in [2.05, 4.69) is 87.3 Å². The molecule has 1 amide bonds. The summed E-state index contributed by atoms with van der Waals surface area (Å²) in [5.74, 6) is 0.430. The van der Waals surface area contributed by atoms with Gasteiger partial charge in [0.1, 0.15) is 0 Å². The van der Waals surface area contributed by atoms with Crippen molar-refractivity contribution in [3.8, 4) is 0 Å². The van der Waals surface area contributed by atoms with Gasteiger partial charge in [-0.15, -0.1) is 0 Å². The van der Waals surface area contributed by atoms with E-state index >= 15 is 0 Å². The van der Waals surface area contributed by atoms with Crippen LogP contribution >= 0.6 is 47.8 Å². The summed E-state index contributed by atoms with van der Waals surface area (Å²) in [4.78, 5) is 16.5. The Bertz CT molecular complexity index is 632. The van der Waals surface area contributed by atoms with E-state index < -0.39 is 0 Å². The van der Waals surface area contributed by atoms with Crippen molar-refractivity contribution in [3.63, 3.8) is 0 Å². The molecule has 142 valence electrons. The van der Waals surface area contributed by atoms with Crippen molar-refractivity contribution in [3.05, 3.63) is 0 Å². The van der Waals surface area contributed by atoms with Crippen LogP contribution in [0.1, 0.15) is 66.7 Å². The van der Waals surface area contributed by atoms with Crippen LogP contribution in [0.4, 0.5) is 0 Å². The number of hydrogen-bond acceptors (Lipinski definition) is 1. The molecule has 5 fully saturated rings. The van der Waals surface area contributed by atoms with E-state index in [0.29, 0.717) is 22.8 Å². The van der Waals surface area contributed by atoms with Gasteiger partial charge in [0.2, 0.25) is 5.91 Å². The predicted molar refractivity (Wildman–Crippen MR) is 113 cm³/mol. The molecule has 5 aliphatic rings. The average molecular weight is 540 g/mol. The molecule has 1 saturated heterocycles. The van der Waals surface area contributed by atoms with E-state index in [9.17, 15) is 4.79 Å². The van der Waals surface area contributed by atoms with Crippen LogP contribution in [0.3, 0.4) is 0 Å². The minimum atomic E-state index is -0.245. The summed E-state index contributed by atoms with van der Waals surface area (Å²) >= 11 is 11.6. The van der Waals surface area contributed by atoms with Gasteiger partial charge in [-0.3, -0.25) is 4.79 Å². The third kappa shape index (κ3) is 2.10. The molecular weight excluding hydrogens is 510 g/mol. The fourth-order valence-electron chi connectivity index (χ4n) is 7.62. The van der Waals surface area contributed by atoms with E-state index in [4.69, 9.17) is 0 Å². The topological polar surface area (TPSA) is 20.3 Å². The average Bonchev–Trinajstić information content (AvgIpc) is 3.00. The van der Waals surface area contributed by atoms with Gasteiger partial charge in [-0.2, -0.15) is 0 Å². The first-order valence-electron chi connectivity index (χ1n) is 9.56. The molecule has 0 aromatic heterocycles. The summed E-state index contributed by atoms with van der Waals surface area (Å²) in [5, 5.41) is 0. The Kier molecular flexibility index (Phi) is 4.07. The number of nitrogens with zero attached hydrogens (tertiary/aromatic N) is 1. The maximum Gasteiger partial charge on any atom is 0.230 e. The van der Waals surface area contributed by atoms with Crippen molar-refractivity contribution in [2.24, 2.45) is 27.1 Å². The highest BCUT2D eigenvalue weighted by Gasteiger charge is 2.84. The van der Waals surface area contributed by atoms with Gasteiger partial charge in [-0.25, -0.2) is 0 Å². The largest absolute Gasteiger partial charge is 0.339 e. The number of amides is 1. The van der Waals surface area contributed by atoms with Crippen molar-refractivity contribution in [1.82, 2.24) is 4.90 Å². The van der Waals surface area contributed by atoms with Crippen molar-refractivity contribution in [2.75, 3.05) is 6.54 Å². The van der Waals surface area contributed by atoms with Gasteiger partial charge in [-0.05, 0) is 48.3 Å². The van der Waals surface area contributed by atoms with Crippen LogP contribution in [0, 0.1) is 27.1 Å². The molecule has 5 heteroatoms. The minimum Gasteiger partial charge on any atom is -0.339 e. The number of fused-ring (bicyclic) bond motifs is 3. The van der Waals surface area contributed by atoms with Crippen LogP contribution < -0.4 is 0 Å². The van der Waals surface area contributed by atoms with Crippen LogP contribution in [-0.2, 0) is 4.79 Å². The first-order chi connectivity index (χ1) is 11.3. The maximum absolute atomic E-state index is 14.0. The van der Waals surface area contributed by atoms with Crippen LogP contribution in [0.2, 0.25) is 0 Å². The third-order valence-electron chi connectivity index (χ3n) is 8.54. The van der Waals surface area contributed by atoms with Crippen molar-refractivity contribution in [2.45, 2.75) is 81.3 Å². The van der Waals surface area contributed by atoms with Gasteiger partial charge in [0.05, 0.1) is 9.15 Å². The summed E-state index contributed by atoms with van der Waals surface area (Å²) in [7, 11) is 0. The van der Waals surface area contributed by atoms with Gasteiger partial charge in [-0.1, -0.05) is 82.4 Å². The Hall–Kier alpha value is 0.910.